The van der Waals surface area contributed by atoms with Gasteiger partial charge in [0.15, 0.2) is 0 Å². The fraction of sp³-hybridized carbons (Fsp3) is 0.538. The van der Waals surface area contributed by atoms with Gasteiger partial charge in [0.1, 0.15) is 0 Å². The molecule has 0 amide bonds. The van der Waals surface area contributed by atoms with Crippen LogP contribution >= 0.6 is 15.9 Å². The van der Waals surface area contributed by atoms with E-state index < -0.39 is 0 Å². The van der Waals surface area contributed by atoms with E-state index in [1.54, 1.807) is 0 Å². The number of rotatable bonds is 8. The van der Waals surface area contributed by atoms with Crippen LogP contribution in [0, 0.1) is 0 Å². The lowest BCUT2D eigenvalue weighted by atomic mass is 10.1. The Balaban J connectivity index is 2.21. The monoisotopic (exact) mass is 285 g/mol. The van der Waals surface area contributed by atoms with Crippen LogP contribution in [0.25, 0.3) is 0 Å². The molecule has 0 aromatic heterocycles. The van der Waals surface area contributed by atoms with E-state index in [9.17, 15) is 0 Å². The average molecular weight is 286 g/mol. The van der Waals surface area contributed by atoms with Gasteiger partial charge in [-0.1, -0.05) is 35.0 Å². The maximum Gasteiger partial charge on any atom is 0.0639 e. The highest BCUT2D eigenvalue weighted by molar-refractivity contribution is 9.09. The molecule has 1 aromatic carbocycles. The zero-order valence-corrected chi connectivity index (χ0v) is 11.4. The fourth-order valence-electron chi connectivity index (χ4n) is 1.41. The molecule has 1 N–H and O–H groups in total. The molecule has 16 heavy (non-hydrogen) atoms. The van der Waals surface area contributed by atoms with Gasteiger partial charge >= 0.3 is 0 Å². The zero-order valence-electron chi connectivity index (χ0n) is 9.84. The van der Waals surface area contributed by atoms with Crippen molar-refractivity contribution >= 4 is 21.6 Å². The van der Waals surface area contributed by atoms with Gasteiger partial charge in [-0.3, -0.25) is 0 Å². The first kappa shape index (κ1) is 13.5. The number of halogens is 1. The molecule has 0 aliphatic carbocycles. The minimum atomic E-state index is 0.775. The van der Waals surface area contributed by atoms with E-state index in [0.29, 0.717) is 0 Å². The number of alkyl halides is 1. The molecule has 0 aliphatic heterocycles. The number of hydrogen-bond acceptors (Lipinski definition) is 2. The van der Waals surface area contributed by atoms with Gasteiger partial charge < -0.3 is 10.1 Å². The lowest BCUT2D eigenvalue weighted by molar-refractivity contribution is 0.144. The first-order valence-electron chi connectivity index (χ1n) is 5.83. The Morgan fingerprint density at radius 3 is 2.56 bits per heavy atom. The summed E-state index contributed by atoms with van der Waals surface area (Å²) in [6, 6.07) is 8.57. The number of ether oxygens (including phenoxy) is 1. The molecular weight excluding hydrogens is 266 g/mol. The molecule has 90 valence electrons. The van der Waals surface area contributed by atoms with Gasteiger partial charge in [-0.2, -0.15) is 0 Å². The molecule has 0 fully saturated rings. The summed E-state index contributed by atoms with van der Waals surface area (Å²) < 4.78 is 5.40. The average Bonchev–Trinajstić information content (AvgIpc) is 2.31. The molecule has 1 aromatic rings. The van der Waals surface area contributed by atoms with Crippen molar-refractivity contribution in [3.63, 3.8) is 0 Å². The topological polar surface area (TPSA) is 21.3 Å². The highest BCUT2D eigenvalue weighted by atomic mass is 79.9. The van der Waals surface area contributed by atoms with Gasteiger partial charge in [0, 0.05) is 24.2 Å². The van der Waals surface area contributed by atoms with Crippen molar-refractivity contribution in [2.24, 2.45) is 0 Å². The second kappa shape index (κ2) is 8.59. The van der Waals surface area contributed by atoms with Crippen LogP contribution in [-0.4, -0.2) is 25.1 Å². The van der Waals surface area contributed by atoms with Gasteiger partial charge in [0.25, 0.3) is 0 Å². The summed E-state index contributed by atoms with van der Waals surface area (Å²) in [7, 11) is 0. The Hall–Kier alpha value is -0.540. The number of nitrogens with one attached hydrogen (secondary N) is 1. The van der Waals surface area contributed by atoms with Crippen molar-refractivity contribution in [2.75, 3.05) is 30.4 Å². The van der Waals surface area contributed by atoms with Crippen LogP contribution in [0.4, 0.5) is 5.69 Å². The van der Waals surface area contributed by atoms with Crippen molar-refractivity contribution in [1.29, 1.82) is 0 Å². The Bertz CT molecular complexity index is 274. The largest absolute Gasteiger partial charge is 0.383 e. The minimum Gasteiger partial charge on any atom is -0.383 e. The Kier molecular flexibility index (Phi) is 7.26. The molecule has 0 radical (unpaired) electrons. The van der Waals surface area contributed by atoms with Gasteiger partial charge in [-0.05, 0) is 30.5 Å². The summed E-state index contributed by atoms with van der Waals surface area (Å²) >= 11 is 3.44. The maximum atomic E-state index is 5.40. The second-order valence-electron chi connectivity index (χ2n) is 3.68. The highest BCUT2D eigenvalue weighted by Gasteiger charge is 1.93. The molecule has 3 heteroatoms. The Labute approximate surface area is 107 Å². The smallest absolute Gasteiger partial charge is 0.0639 e. The van der Waals surface area contributed by atoms with Gasteiger partial charge in [-0.15, -0.1) is 0 Å². The molecule has 0 heterocycles. The highest BCUT2D eigenvalue weighted by Crippen LogP contribution is 2.10. The summed E-state index contributed by atoms with van der Waals surface area (Å²) in [5.74, 6) is 0. The van der Waals surface area contributed by atoms with Crippen LogP contribution in [0.3, 0.4) is 0 Å². The number of benzene rings is 1. The van der Waals surface area contributed by atoms with E-state index in [4.69, 9.17) is 4.74 Å². The van der Waals surface area contributed by atoms with E-state index in [-0.39, 0.29) is 0 Å². The first-order chi connectivity index (χ1) is 7.86. The number of anilines is 1. The summed E-state index contributed by atoms with van der Waals surface area (Å²) in [6.45, 7) is 4.62. The minimum absolute atomic E-state index is 0.775. The SMILES string of the molecule is CCCOCCNc1ccc(CCBr)cc1. The predicted octanol–water partition coefficient (Wildman–Crippen LogP) is 3.46. The van der Waals surface area contributed by atoms with Gasteiger partial charge in [0.05, 0.1) is 6.61 Å². The molecule has 0 bridgehead atoms. The van der Waals surface area contributed by atoms with E-state index in [0.717, 1.165) is 37.9 Å². The molecular formula is C13H20BrNO. The van der Waals surface area contributed by atoms with E-state index in [1.807, 2.05) is 0 Å². The van der Waals surface area contributed by atoms with E-state index in [2.05, 4.69) is 52.4 Å². The third kappa shape index (κ3) is 5.52. The standard InChI is InChI=1S/C13H20BrNO/c1-2-10-16-11-9-15-13-5-3-12(4-6-13)7-8-14/h3-6,15H,2,7-11H2,1H3. The van der Waals surface area contributed by atoms with E-state index >= 15 is 0 Å². The third-order valence-corrected chi connectivity index (χ3v) is 2.66. The molecule has 2 nitrogen and oxygen atoms in total. The lowest BCUT2D eigenvalue weighted by Gasteiger charge is -2.07. The first-order valence-corrected chi connectivity index (χ1v) is 6.95. The molecule has 0 unspecified atom stereocenters. The van der Waals surface area contributed by atoms with Crippen LogP contribution in [-0.2, 0) is 11.2 Å². The lowest BCUT2D eigenvalue weighted by Crippen LogP contribution is -2.09. The number of aryl methyl sites for hydroxylation is 1. The molecule has 0 saturated carbocycles. The zero-order chi connectivity index (χ0) is 11.6. The quantitative estimate of drug-likeness (QED) is 0.583. The van der Waals surface area contributed by atoms with Crippen molar-refractivity contribution in [2.45, 2.75) is 19.8 Å². The summed E-state index contributed by atoms with van der Waals surface area (Å²) in [5.41, 5.74) is 2.53. The molecule has 0 spiro atoms. The van der Waals surface area contributed by atoms with Crippen LogP contribution in [0.15, 0.2) is 24.3 Å². The fourth-order valence-corrected chi connectivity index (χ4v) is 1.87. The Morgan fingerprint density at radius 2 is 1.94 bits per heavy atom. The predicted molar refractivity (Wildman–Crippen MR) is 73.5 cm³/mol. The molecule has 0 saturated heterocycles. The van der Waals surface area contributed by atoms with Crippen LogP contribution in [0.5, 0.6) is 0 Å². The van der Waals surface area contributed by atoms with Crippen molar-refractivity contribution < 1.29 is 4.74 Å². The summed E-state index contributed by atoms with van der Waals surface area (Å²) in [6.07, 6.45) is 2.17. The summed E-state index contributed by atoms with van der Waals surface area (Å²) in [4.78, 5) is 0. The van der Waals surface area contributed by atoms with E-state index in [1.165, 1.54) is 11.3 Å². The van der Waals surface area contributed by atoms with Crippen molar-refractivity contribution in [3.05, 3.63) is 29.8 Å². The normalized spacial score (nSPS) is 10.4. The molecule has 0 aliphatic rings. The van der Waals surface area contributed by atoms with Crippen LogP contribution < -0.4 is 5.32 Å². The Morgan fingerprint density at radius 1 is 1.19 bits per heavy atom. The van der Waals surface area contributed by atoms with Crippen LogP contribution in [0.1, 0.15) is 18.9 Å². The molecule has 0 atom stereocenters. The third-order valence-electron chi connectivity index (χ3n) is 2.26. The number of hydrogen-bond donors (Lipinski definition) is 1. The second-order valence-corrected chi connectivity index (χ2v) is 4.47. The summed E-state index contributed by atoms with van der Waals surface area (Å²) in [5, 5.41) is 4.35. The van der Waals surface area contributed by atoms with Crippen molar-refractivity contribution in [3.8, 4) is 0 Å². The van der Waals surface area contributed by atoms with Gasteiger partial charge in [0.2, 0.25) is 0 Å². The van der Waals surface area contributed by atoms with Gasteiger partial charge in [-0.25, -0.2) is 0 Å². The maximum absolute atomic E-state index is 5.40. The van der Waals surface area contributed by atoms with Crippen molar-refractivity contribution in [1.82, 2.24) is 0 Å². The van der Waals surface area contributed by atoms with Crippen LogP contribution in [0.2, 0.25) is 0 Å². The molecule has 1 rings (SSSR count).